The molecule has 0 spiro atoms. The average molecular weight is 275 g/mol. The number of nitrogens with one attached hydrogen (secondary N) is 1. The molecule has 2 rings (SSSR count). The number of ether oxygens (including phenoxy) is 2. The molecule has 0 saturated heterocycles. The number of nitrogens with zero attached hydrogens (tertiary/aromatic N) is 3. The second kappa shape index (κ2) is 6.55. The van der Waals surface area contributed by atoms with Crippen molar-refractivity contribution >= 4 is 17.6 Å². The van der Waals surface area contributed by atoms with Gasteiger partial charge in [0, 0.05) is 5.69 Å². The van der Waals surface area contributed by atoms with Crippen LogP contribution in [0.4, 0.5) is 17.6 Å². The Bertz CT molecular complexity index is 559. The van der Waals surface area contributed by atoms with E-state index >= 15 is 0 Å². The first-order valence-corrected chi connectivity index (χ1v) is 6.35. The van der Waals surface area contributed by atoms with Crippen molar-refractivity contribution < 1.29 is 9.47 Å². The molecular weight excluding hydrogens is 258 g/mol. The van der Waals surface area contributed by atoms with Crippen LogP contribution in [0.1, 0.15) is 13.8 Å². The first-order chi connectivity index (χ1) is 9.71. The maximum absolute atomic E-state index is 5.60. The van der Waals surface area contributed by atoms with Crippen LogP contribution in [0.25, 0.3) is 0 Å². The number of benzene rings is 1. The third kappa shape index (κ3) is 3.71. The maximum Gasteiger partial charge on any atom is 0.323 e. The zero-order chi connectivity index (χ0) is 14.4. The van der Waals surface area contributed by atoms with Crippen molar-refractivity contribution in [2.24, 2.45) is 0 Å². The third-order valence-corrected chi connectivity index (χ3v) is 2.33. The van der Waals surface area contributed by atoms with Crippen LogP contribution in [0.2, 0.25) is 0 Å². The van der Waals surface area contributed by atoms with Crippen LogP contribution in [0, 0.1) is 0 Å². The molecule has 7 nitrogen and oxygen atoms in total. The van der Waals surface area contributed by atoms with Crippen LogP contribution in [-0.4, -0.2) is 28.2 Å². The lowest BCUT2D eigenvalue weighted by molar-refractivity contribution is 0.312. The van der Waals surface area contributed by atoms with Gasteiger partial charge < -0.3 is 20.5 Å². The second-order valence-electron chi connectivity index (χ2n) is 3.82. The molecule has 1 heterocycles. The molecule has 1 aromatic heterocycles. The minimum atomic E-state index is 0.108. The van der Waals surface area contributed by atoms with E-state index < -0.39 is 0 Å². The molecule has 7 heteroatoms. The molecule has 0 atom stereocenters. The van der Waals surface area contributed by atoms with E-state index in [9.17, 15) is 0 Å². The summed E-state index contributed by atoms with van der Waals surface area (Å²) < 4.78 is 10.6. The monoisotopic (exact) mass is 275 g/mol. The van der Waals surface area contributed by atoms with E-state index in [4.69, 9.17) is 15.2 Å². The van der Waals surface area contributed by atoms with Gasteiger partial charge in [-0.25, -0.2) is 0 Å². The summed E-state index contributed by atoms with van der Waals surface area (Å²) in [5.41, 5.74) is 6.43. The number of nitrogens with two attached hydrogens (primary N) is 1. The molecule has 2 aromatic rings. The fraction of sp³-hybridized carbons (Fsp3) is 0.308. The molecule has 20 heavy (non-hydrogen) atoms. The normalized spacial score (nSPS) is 10.1. The van der Waals surface area contributed by atoms with Gasteiger partial charge in [-0.15, -0.1) is 0 Å². The molecule has 0 radical (unpaired) electrons. The Kier molecular flexibility index (Phi) is 4.54. The van der Waals surface area contributed by atoms with E-state index in [-0.39, 0.29) is 12.0 Å². The minimum absolute atomic E-state index is 0.108. The molecule has 0 saturated carbocycles. The lowest BCUT2D eigenvalue weighted by atomic mass is 10.3. The smallest absolute Gasteiger partial charge is 0.323 e. The Hall–Kier alpha value is -2.57. The van der Waals surface area contributed by atoms with E-state index in [1.807, 2.05) is 38.1 Å². The van der Waals surface area contributed by atoms with Crippen LogP contribution in [0.3, 0.4) is 0 Å². The van der Waals surface area contributed by atoms with Gasteiger partial charge in [0.1, 0.15) is 5.75 Å². The van der Waals surface area contributed by atoms with E-state index in [0.29, 0.717) is 19.2 Å². The number of anilines is 3. The summed E-state index contributed by atoms with van der Waals surface area (Å²) in [5.74, 6) is 1.25. The SMILES string of the molecule is CCOc1ccc(Nc2nc(N)nc(OCC)n2)cc1. The zero-order valence-corrected chi connectivity index (χ0v) is 11.5. The molecule has 0 fully saturated rings. The van der Waals surface area contributed by atoms with Crippen molar-refractivity contribution in [3.8, 4) is 11.8 Å². The highest BCUT2D eigenvalue weighted by molar-refractivity contribution is 5.55. The molecule has 0 bridgehead atoms. The summed E-state index contributed by atoms with van der Waals surface area (Å²) >= 11 is 0. The Morgan fingerprint density at radius 3 is 2.35 bits per heavy atom. The van der Waals surface area contributed by atoms with Gasteiger partial charge in [0.25, 0.3) is 0 Å². The van der Waals surface area contributed by atoms with E-state index in [2.05, 4.69) is 20.3 Å². The van der Waals surface area contributed by atoms with Crippen LogP contribution in [0.5, 0.6) is 11.8 Å². The first kappa shape index (κ1) is 13.9. The summed E-state index contributed by atoms with van der Waals surface area (Å²) in [5, 5.41) is 3.04. The lowest BCUT2D eigenvalue weighted by Gasteiger charge is -2.08. The molecule has 0 aliphatic rings. The van der Waals surface area contributed by atoms with Crippen molar-refractivity contribution in [2.45, 2.75) is 13.8 Å². The molecule has 3 N–H and O–H groups in total. The van der Waals surface area contributed by atoms with Crippen LogP contribution in [-0.2, 0) is 0 Å². The standard InChI is InChI=1S/C13H17N5O2/c1-3-19-10-7-5-9(6-8-10)15-12-16-11(14)17-13(18-12)20-4-2/h5-8H,3-4H2,1-2H3,(H3,14,15,16,17,18). The second-order valence-corrected chi connectivity index (χ2v) is 3.82. The van der Waals surface area contributed by atoms with Crippen molar-refractivity contribution in [1.82, 2.24) is 15.0 Å². The van der Waals surface area contributed by atoms with Gasteiger partial charge in [-0.3, -0.25) is 0 Å². The average Bonchev–Trinajstić information content (AvgIpc) is 2.41. The van der Waals surface area contributed by atoms with Crippen LogP contribution >= 0.6 is 0 Å². The maximum atomic E-state index is 5.60. The summed E-state index contributed by atoms with van der Waals surface area (Å²) in [6.07, 6.45) is 0. The number of aromatic nitrogens is 3. The van der Waals surface area contributed by atoms with Crippen molar-refractivity contribution in [1.29, 1.82) is 0 Å². The predicted molar refractivity (Wildman–Crippen MR) is 76.3 cm³/mol. The highest BCUT2D eigenvalue weighted by Crippen LogP contribution is 2.19. The molecule has 0 aliphatic heterocycles. The summed E-state index contributed by atoms with van der Waals surface area (Å²) in [7, 11) is 0. The van der Waals surface area contributed by atoms with Gasteiger partial charge in [-0.2, -0.15) is 15.0 Å². The van der Waals surface area contributed by atoms with Gasteiger partial charge in [-0.1, -0.05) is 0 Å². The molecule has 106 valence electrons. The molecule has 1 aromatic carbocycles. The Balaban J connectivity index is 2.12. The fourth-order valence-electron chi connectivity index (χ4n) is 1.55. The summed E-state index contributed by atoms with van der Waals surface area (Å²) in [6.45, 7) is 4.88. The molecule has 0 unspecified atom stereocenters. The van der Waals surface area contributed by atoms with E-state index in [0.717, 1.165) is 11.4 Å². The Morgan fingerprint density at radius 1 is 1.00 bits per heavy atom. The van der Waals surface area contributed by atoms with Gasteiger partial charge >= 0.3 is 6.01 Å². The molecule has 0 aliphatic carbocycles. The highest BCUT2D eigenvalue weighted by Gasteiger charge is 2.05. The van der Waals surface area contributed by atoms with Gasteiger partial charge in [0.15, 0.2) is 0 Å². The van der Waals surface area contributed by atoms with E-state index in [1.54, 1.807) is 0 Å². The molecular formula is C13H17N5O2. The van der Waals surface area contributed by atoms with Crippen molar-refractivity contribution in [2.75, 3.05) is 24.3 Å². The third-order valence-electron chi connectivity index (χ3n) is 2.33. The summed E-state index contributed by atoms with van der Waals surface area (Å²) in [4.78, 5) is 12.0. The quantitative estimate of drug-likeness (QED) is 0.832. The van der Waals surface area contributed by atoms with Crippen LogP contribution < -0.4 is 20.5 Å². The van der Waals surface area contributed by atoms with Gasteiger partial charge in [0.05, 0.1) is 13.2 Å². The lowest BCUT2D eigenvalue weighted by Crippen LogP contribution is -2.06. The topological polar surface area (TPSA) is 95.2 Å². The number of nitrogen functional groups attached to an aromatic ring is 1. The van der Waals surface area contributed by atoms with Gasteiger partial charge in [0.2, 0.25) is 11.9 Å². The zero-order valence-electron chi connectivity index (χ0n) is 11.5. The summed E-state index contributed by atoms with van der Waals surface area (Å²) in [6, 6.07) is 7.66. The molecule has 0 amide bonds. The predicted octanol–water partition coefficient (Wildman–Crippen LogP) is 1.99. The fourth-order valence-corrected chi connectivity index (χ4v) is 1.55. The van der Waals surface area contributed by atoms with Crippen molar-refractivity contribution in [3.05, 3.63) is 24.3 Å². The van der Waals surface area contributed by atoms with Crippen molar-refractivity contribution in [3.63, 3.8) is 0 Å². The minimum Gasteiger partial charge on any atom is -0.494 e. The highest BCUT2D eigenvalue weighted by atomic mass is 16.5. The Morgan fingerprint density at radius 2 is 1.70 bits per heavy atom. The first-order valence-electron chi connectivity index (χ1n) is 6.35. The van der Waals surface area contributed by atoms with E-state index in [1.165, 1.54) is 0 Å². The largest absolute Gasteiger partial charge is 0.494 e. The Labute approximate surface area is 117 Å². The van der Waals surface area contributed by atoms with Crippen LogP contribution in [0.15, 0.2) is 24.3 Å². The number of hydrogen-bond donors (Lipinski definition) is 2. The van der Waals surface area contributed by atoms with Gasteiger partial charge in [-0.05, 0) is 38.1 Å². The number of rotatable bonds is 6. The number of hydrogen-bond acceptors (Lipinski definition) is 7.